The van der Waals surface area contributed by atoms with Gasteiger partial charge in [-0.15, -0.1) is 0 Å². The summed E-state index contributed by atoms with van der Waals surface area (Å²) >= 11 is 0. The van der Waals surface area contributed by atoms with E-state index in [1.54, 1.807) is 12.1 Å². The Morgan fingerprint density at radius 1 is 1.08 bits per heavy atom. The number of rotatable bonds is 4. The van der Waals surface area contributed by atoms with Crippen LogP contribution in [-0.4, -0.2) is 27.7 Å². The molecule has 26 heavy (non-hydrogen) atoms. The molecule has 0 amide bonds. The highest BCUT2D eigenvalue weighted by molar-refractivity contribution is 5.98. The number of aromatic nitrogens is 2. The van der Waals surface area contributed by atoms with Crippen LogP contribution in [0.1, 0.15) is 17.4 Å². The zero-order valence-corrected chi connectivity index (χ0v) is 14.1. The van der Waals surface area contributed by atoms with E-state index in [0.29, 0.717) is 29.0 Å². The van der Waals surface area contributed by atoms with Gasteiger partial charge in [-0.1, -0.05) is 36.4 Å². The number of aromatic carboxylic acids is 1. The third-order valence-corrected chi connectivity index (χ3v) is 4.07. The standard InChI is InChI=1S/C21H15N2O3/c1-2-26-18-12-14-8-4-3-7-13(14)11-15(18)19-20(21(24)25)23-17-10-6-5-9-16(17)22-19/h3-11H,2H2,1H3,(H,24,25). The van der Waals surface area contributed by atoms with Crippen molar-refractivity contribution in [2.24, 2.45) is 0 Å². The molecule has 0 spiro atoms. The van der Waals surface area contributed by atoms with Gasteiger partial charge < -0.3 is 9.84 Å². The molecule has 3 aromatic carbocycles. The van der Waals surface area contributed by atoms with Crippen molar-refractivity contribution in [1.82, 2.24) is 9.97 Å². The second-order valence-corrected chi connectivity index (χ2v) is 5.75. The molecule has 0 fully saturated rings. The molecule has 0 atom stereocenters. The molecule has 5 nitrogen and oxygen atoms in total. The summed E-state index contributed by atoms with van der Waals surface area (Å²) in [5, 5.41) is 11.5. The molecule has 1 N–H and O–H groups in total. The van der Waals surface area contributed by atoms with Gasteiger partial charge in [-0.25, -0.2) is 14.8 Å². The Kier molecular flexibility index (Phi) is 3.97. The maximum Gasteiger partial charge on any atom is 0.356 e. The van der Waals surface area contributed by atoms with Crippen molar-refractivity contribution in [1.29, 1.82) is 0 Å². The fraction of sp³-hybridized carbons (Fsp3) is 0.0952. The highest BCUT2D eigenvalue weighted by Crippen LogP contribution is 2.35. The van der Waals surface area contributed by atoms with Gasteiger partial charge in [0.2, 0.25) is 0 Å². The minimum Gasteiger partial charge on any atom is -0.492 e. The van der Waals surface area contributed by atoms with E-state index >= 15 is 0 Å². The number of carboxylic acids is 1. The number of ether oxygens (including phenoxy) is 1. The first kappa shape index (κ1) is 16.0. The van der Waals surface area contributed by atoms with Gasteiger partial charge in [-0.05, 0) is 35.9 Å². The van der Waals surface area contributed by atoms with Crippen molar-refractivity contribution < 1.29 is 14.6 Å². The van der Waals surface area contributed by atoms with Gasteiger partial charge in [-0.2, -0.15) is 0 Å². The third-order valence-electron chi connectivity index (χ3n) is 4.07. The fourth-order valence-corrected chi connectivity index (χ4v) is 2.92. The molecular formula is C21H15N2O3. The number of hydrogen-bond acceptors (Lipinski definition) is 4. The Morgan fingerprint density at radius 2 is 1.77 bits per heavy atom. The summed E-state index contributed by atoms with van der Waals surface area (Å²) < 4.78 is 5.73. The molecule has 0 saturated heterocycles. The molecule has 0 bridgehead atoms. The molecule has 4 rings (SSSR count). The quantitative estimate of drug-likeness (QED) is 0.596. The van der Waals surface area contributed by atoms with Gasteiger partial charge in [0.05, 0.1) is 17.6 Å². The Morgan fingerprint density at radius 3 is 2.50 bits per heavy atom. The summed E-state index contributed by atoms with van der Waals surface area (Å²) in [6, 6.07) is 20.0. The van der Waals surface area contributed by atoms with Crippen LogP contribution in [-0.2, 0) is 0 Å². The van der Waals surface area contributed by atoms with E-state index < -0.39 is 5.97 Å². The molecule has 0 aliphatic rings. The number of para-hydroxylation sites is 2. The Bertz CT molecular complexity index is 1140. The Labute approximate surface area is 149 Å². The summed E-state index contributed by atoms with van der Waals surface area (Å²) in [4.78, 5) is 20.7. The first-order valence-corrected chi connectivity index (χ1v) is 8.25. The third kappa shape index (κ3) is 2.73. The smallest absolute Gasteiger partial charge is 0.356 e. The fourth-order valence-electron chi connectivity index (χ4n) is 2.92. The maximum atomic E-state index is 11.8. The van der Waals surface area contributed by atoms with Gasteiger partial charge in [0.1, 0.15) is 11.4 Å². The van der Waals surface area contributed by atoms with Crippen LogP contribution < -0.4 is 4.74 Å². The van der Waals surface area contributed by atoms with Crippen LogP contribution in [0.15, 0.2) is 54.6 Å². The van der Waals surface area contributed by atoms with Gasteiger partial charge in [-0.3, -0.25) is 0 Å². The number of carbonyl (C=O) groups is 1. The van der Waals surface area contributed by atoms with Crippen molar-refractivity contribution in [3.8, 4) is 17.0 Å². The molecule has 4 aromatic rings. The summed E-state index contributed by atoms with van der Waals surface area (Å²) in [6.07, 6.45) is 0. The summed E-state index contributed by atoms with van der Waals surface area (Å²) in [6.45, 7) is 2.31. The van der Waals surface area contributed by atoms with Crippen LogP contribution in [0.2, 0.25) is 0 Å². The first-order chi connectivity index (χ1) is 12.7. The molecule has 0 saturated carbocycles. The minimum absolute atomic E-state index is 0.103. The van der Waals surface area contributed by atoms with Crippen LogP contribution in [0, 0.1) is 6.07 Å². The average molecular weight is 343 g/mol. The SMILES string of the molecule is CCOc1[c]c2ccccc2cc1-c1nc2ccccc2nc1C(=O)O. The summed E-state index contributed by atoms with van der Waals surface area (Å²) in [5.74, 6) is -0.660. The zero-order chi connectivity index (χ0) is 18.1. The van der Waals surface area contributed by atoms with E-state index in [1.807, 2.05) is 49.4 Å². The van der Waals surface area contributed by atoms with Crippen LogP contribution in [0.4, 0.5) is 0 Å². The van der Waals surface area contributed by atoms with Crippen molar-refractivity contribution >= 4 is 27.8 Å². The number of carboxylic acid groups (broad SMARTS) is 1. The van der Waals surface area contributed by atoms with Gasteiger partial charge in [0, 0.05) is 11.6 Å². The van der Waals surface area contributed by atoms with Crippen LogP contribution >= 0.6 is 0 Å². The van der Waals surface area contributed by atoms with E-state index in [0.717, 1.165) is 10.8 Å². The lowest BCUT2D eigenvalue weighted by Gasteiger charge is -2.13. The normalized spacial score (nSPS) is 11.0. The summed E-state index contributed by atoms with van der Waals surface area (Å²) in [5.41, 5.74) is 1.91. The van der Waals surface area contributed by atoms with Crippen molar-refractivity contribution in [2.45, 2.75) is 6.92 Å². The van der Waals surface area contributed by atoms with E-state index in [4.69, 9.17) is 4.74 Å². The second-order valence-electron chi connectivity index (χ2n) is 5.75. The molecule has 127 valence electrons. The highest BCUT2D eigenvalue weighted by atomic mass is 16.5. The van der Waals surface area contributed by atoms with Crippen molar-refractivity contribution in [3.63, 3.8) is 0 Å². The number of nitrogens with zero attached hydrogens (tertiary/aromatic N) is 2. The van der Waals surface area contributed by atoms with E-state index in [9.17, 15) is 9.90 Å². The Balaban J connectivity index is 2.06. The average Bonchev–Trinajstić information content (AvgIpc) is 2.66. The molecule has 0 aliphatic carbocycles. The number of benzene rings is 3. The molecule has 1 heterocycles. The summed E-state index contributed by atoms with van der Waals surface area (Å²) in [7, 11) is 0. The minimum atomic E-state index is -1.13. The van der Waals surface area contributed by atoms with Crippen LogP contribution in [0.5, 0.6) is 5.75 Å². The van der Waals surface area contributed by atoms with E-state index in [1.165, 1.54) is 0 Å². The van der Waals surface area contributed by atoms with Gasteiger partial charge in [0.25, 0.3) is 0 Å². The molecule has 0 unspecified atom stereocenters. The van der Waals surface area contributed by atoms with Crippen molar-refractivity contribution in [3.05, 3.63) is 66.4 Å². The lowest BCUT2D eigenvalue weighted by molar-refractivity contribution is 0.0691. The van der Waals surface area contributed by atoms with E-state index in [-0.39, 0.29) is 11.4 Å². The van der Waals surface area contributed by atoms with Crippen LogP contribution in [0.25, 0.3) is 33.1 Å². The number of hydrogen-bond donors (Lipinski definition) is 1. The van der Waals surface area contributed by atoms with E-state index in [2.05, 4.69) is 16.0 Å². The molecule has 5 heteroatoms. The topological polar surface area (TPSA) is 72.3 Å². The van der Waals surface area contributed by atoms with Crippen LogP contribution in [0.3, 0.4) is 0 Å². The second kappa shape index (κ2) is 6.44. The zero-order valence-electron chi connectivity index (χ0n) is 14.1. The van der Waals surface area contributed by atoms with Crippen molar-refractivity contribution in [2.75, 3.05) is 6.61 Å². The predicted octanol–water partition coefficient (Wildman–Crippen LogP) is 4.35. The Hall–Kier alpha value is -3.47. The molecule has 0 aliphatic heterocycles. The lowest BCUT2D eigenvalue weighted by atomic mass is 10.0. The first-order valence-electron chi connectivity index (χ1n) is 8.25. The van der Waals surface area contributed by atoms with Gasteiger partial charge >= 0.3 is 5.97 Å². The highest BCUT2D eigenvalue weighted by Gasteiger charge is 2.20. The predicted molar refractivity (Wildman–Crippen MR) is 99.4 cm³/mol. The molecular weight excluding hydrogens is 328 g/mol. The molecule has 1 radical (unpaired) electrons. The monoisotopic (exact) mass is 343 g/mol. The maximum absolute atomic E-state index is 11.8. The number of fused-ring (bicyclic) bond motifs is 2. The largest absolute Gasteiger partial charge is 0.492 e. The van der Waals surface area contributed by atoms with Gasteiger partial charge in [0.15, 0.2) is 5.69 Å². The lowest BCUT2D eigenvalue weighted by Crippen LogP contribution is -2.07. The molecule has 1 aromatic heterocycles.